The molecule has 0 atom stereocenters. The van der Waals surface area contributed by atoms with Crippen LogP contribution in [0.1, 0.15) is 16.7 Å². The zero-order valence-electron chi connectivity index (χ0n) is 7.98. The predicted octanol–water partition coefficient (Wildman–Crippen LogP) is 1.87. The molecule has 0 bridgehead atoms. The van der Waals surface area contributed by atoms with Gasteiger partial charge >= 0.3 is 0 Å². The van der Waals surface area contributed by atoms with Crippen molar-refractivity contribution in [1.29, 1.82) is 0 Å². The lowest BCUT2D eigenvalue weighted by Crippen LogP contribution is -1.94. The third-order valence-electron chi connectivity index (χ3n) is 2.00. The highest BCUT2D eigenvalue weighted by Gasteiger charge is 2.00. The summed E-state index contributed by atoms with van der Waals surface area (Å²) in [6.07, 6.45) is 5.42. The topological polar surface area (TPSA) is 40.5 Å². The van der Waals surface area contributed by atoms with Crippen LogP contribution < -0.4 is 0 Å². The highest BCUT2D eigenvalue weighted by molar-refractivity contribution is 5.53. The van der Waals surface area contributed by atoms with E-state index in [0.717, 1.165) is 16.7 Å². The molecule has 2 heteroatoms. The zero-order chi connectivity index (χ0) is 10.4. The lowest BCUT2D eigenvalue weighted by atomic mass is 10.0. The van der Waals surface area contributed by atoms with Gasteiger partial charge in [0.05, 0.1) is 13.2 Å². The van der Waals surface area contributed by atoms with E-state index in [1.807, 2.05) is 30.4 Å². The Morgan fingerprint density at radius 2 is 1.86 bits per heavy atom. The molecule has 2 N–H and O–H groups in total. The van der Waals surface area contributed by atoms with Crippen molar-refractivity contribution in [3.05, 3.63) is 53.6 Å². The van der Waals surface area contributed by atoms with Crippen molar-refractivity contribution in [2.24, 2.45) is 0 Å². The van der Waals surface area contributed by atoms with Crippen molar-refractivity contribution in [2.45, 2.75) is 13.2 Å². The lowest BCUT2D eigenvalue weighted by Gasteiger charge is -2.05. The Labute approximate surface area is 83.8 Å². The Kier molecular flexibility index (Phi) is 4.11. The number of allylic oxidation sites excluding steroid dienone is 2. The molecule has 0 aromatic heterocycles. The van der Waals surface area contributed by atoms with Crippen LogP contribution >= 0.6 is 0 Å². The average molecular weight is 190 g/mol. The number of aliphatic hydroxyl groups excluding tert-OH is 2. The summed E-state index contributed by atoms with van der Waals surface area (Å²) in [4.78, 5) is 0. The molecule has 0 aliphatic heterocycles. The van der Waals surface area contributed by atoms with Crippen molar-refractivity contribution < 1.29 is 10.2 Å². The molecular formula is C12H14O2. The van der Waals surface area contributed by atoms with Gasteiger partial charge in [0.1, 0.15) is 0 Å². The largest absolute Gasteiger partial charge is 0.392 e. The molecule has 0 unspecified atom stereocenters. The number of hydrogen-bond acceptors (Lipinski definition) is 2. The monoisotopic (exact) mass is 190 g/mol. The van der Waals surface area contributed by atoms with E-state index < -0.39 is 0 Å². The average Bonchev–Trinajstić information content (AvgIpc) is 2.25. The van der Waals surface area contributed by atoms with Gasteiger partial charge < -0.3 is 10.2 Å². The fourth-order valence-electron chi connectivity index (χ4n) is 1.23. The summed E-state index contributed by atoms with van der Waals surface area (Å²) in [7, 11) is 0. The number of aliphatic hydroxyl groups is 2. The third-order valence-corrected chi connectivity index (χ3v) is 2.00. The molecule has 0 radical (unpaired) electrons. The van der Waals surface area contributed by atoms with E-state index in [4.69, 9.17) is 10.2 Å². The van der Waals surface area contributed by atoms with Crippen LogP contribution in [-0.4, -0.2) is 10.2 Å². The molecule has 0 saturated carbocycles. The fraction of sp³-hybridized carbons (Fsp3) is 0.167. The maximum atomic E-state index is 9.04. The quantitative estimate of drug-likeness (QED) is 0.711. The van der Waals surface area contributed by atoms with Gasteiger partial charge in [0, 0.05) is 0 Å². The second-order valence-electron chi connectivity index (χ2n) is 2.94. The maximum Gasteiger partial charge on any atom is 0.0685 e. The molecule has 0 heterocycles. The van der Waals surface area contributed by atoms with Crippen LogP contribution in [0.3, 0.4) is 0 Å². The minimum absolute atomic E-state index is 0.0403. The number of rotatable bonds is 4. The molecule has 2 nitrogen and oxygen atoms in total. The van der Waals surface area contributed by atoms with Gasteiger partial charge in [0.15, 0.2) is 0 Å². The maximum absolute atomic E-state index is 9.04. The zero-order valence-corrected chi connectivity index (χ0v) is 7.98. The predicted molar refractivity (Wildman–Crippen MR) is 57.5 cm³/mol. The SMILES string of the molecule is C=CC=Cc1ccc(CO)c(CO)c1. The molecule has 1 aromatic rings. The van der Waals surface area contributed by atoms with Crippen LogP contribution in [0, 0.1) is 0 Å². The Hall–Kier alpha value is -1.38. The summed E-state index contributed by atoms with van der Waals surface area (Å²) in [5, 5.41) is 18.0. The second kappa shape index (κ2) is 5.37. The number of benzene rings is 1. The van der Waals surface area contributed by atoms with Gasteiger partial charge in [0.2, 0.25) is 0 Å². The van der Waals surface area contributed by atoms with Gasteiger partial charge in [-0.3, -0.25) is 0 Å². The van der Waals surface area contributed by atoms with E-state index in [1.54, 1.807) is 6.08 Å². The highest BCUT2D eigenvalue weighted by Crippen LogP contribution is 2.13. The van der Waals surface area contributed by atoms with Gasteiger partial charge in [-0.05, 0) is 22.8 Å². The van der Waals surface area contributed by atoms with Crippen molar-refractivity contribution >= 4 is 6.08 Å². The molecule has 1 aromatic carbocycles. The van der Waals surface area contributed by atoms with Gasteiger partial charge in [-0.1, -0.05) is 36.9 Å². The minimum atomic E-state index is -0.0499. The fourth-order valence-corrected chi connectivity index (χ4v) is 1.23. The minimum Gasteiger partial charge on any atom is -0.392 e. The van der Waals surface area contributed by atoms with Crippen molar-refractivity contribution in [3.63, 3.8) is 0 Å². The molecule has 0 fully saturated rings. The summed E-state index contributed by atoms with van der Waals surface area (Å²) in [5.74, 6) is 0. The second-order valence-corrected chi connectivity index (χ2v) is 2.94. The van der Waals surface area contributed by atoms with Crippen LogP contribution in [0.25, 0.3) is 6.08 Å². The smallest absolute Gasteiger partial charge is 0.0685 e. The van der Waals surface area contributed by atoms with E-state index in [1.165, 1.54) is 0 Å². The van der Waals surface area contributed by atoms with Crippen molar-refractivity contribution in [2.75, 3.05) is 0 Å². The first kappa shape index (κ1) is 10.7. The van der Waals surface area contributed by atoms with Gasteiger partial charge in [-0.2, -0.15) is 0 Å². The molecule has 74 valence electrons. The molecule has 1 rings (SSSR count). The standard InChI is InChI=1S/C12H14O2/c1-2-3-4-10-5-6-11(8-13)12(7-10)9-14/h2-7,13-14H,1,8-9H2. The van der Waals surface area contributed by atoms with Crippen LogP contribution in [0.5, 0.6) is 0 Å². The van der Waals surface area contributed by atoms with E-state index in [-0.39, 0.29) is 13.2 Å². The summed E-state index contributed by atoms with van der Waals surface area (Å²) < 4.78 is 0. The molecule has 0 spiro atoms. The Morgan fingerprint density at radius 1 is 1.14 bits per heavy atom. The van der Waals surface area contributed by atoms with Crippen LogP contribution in [0.2, 0.25) is 0 Å². The Morgan fingerprint density at radius 3 is 2.43 bits per heavy atom. The van der Waals surface area contributed by atoms with Crippen LogP contribution in [0.15, 0.2) is 36.9 Å². The van der Waals surface area contributed by atoms with Crippen LogP contribution in [-0.2, 0) is 13.2 Å². The number of hydrogen-bond donors (Lipinski definition) is 2. The first-order valence-electron chi connectivity index (χ1n) is 4.44. The van der Waals surface area contributed by atoms with E-state index >= 15 is 0 Å². The van der Waals surface area contributed by atoms with Crippen molar-refractivity contribution in [1.82, 2.24) is 0 Å². The summed E-state index contributed by atoms with van der Waals surface area (Å²) in [5.41, 5.74) is 2.52. The Bertz CT molecular complexity index is 340. The molecule has 14 heavy (non-hydrogen) atoms. The van der Waals surface area contributed by atoms with Crippen LogP contribution in [0.4, 0.5) is 0 Å². The van der Waals surface area contributed by atoms with E-state index in [0.29, 0.717) is 0 Å². The van der Waals surface area contributed by atoms with Gasteiger partial charge in [0.25, 0.3) is 0 Å². The third kappa shape index (κ3) is 2.55. The first-order valence-corrected chi connectivity index (χ1v) is 4.44. The molecule has 0 aliphatic carbocycles. The van der Waals surface area contributed by atoms with Crippen molar-refractivity contribution in [3.8, 4) is 0 Å². The molecule has 0 amide bonds. The summed E-state index contributed by atoms with van der Waals surface area (Å²) >= 11 is 0. The Balaban J connectivity index is 3.00. The van der Waals surface area contributed by atoms with Gasteiger partial charge in [-0.25, -0.2) is 0 Å². The van der Waals surface area contributed by atoms with E-state index in [9.17, 15) is 0 Å². The first-order chi connectivity index (χ1) is 6.81. The summed E-state index contributed by atoms with van der Waals surface area (Å²) in [6.45, 7) is 3.49. The summed E-state index contributed by atoms with van der Waals surface area (Å²) in [6, 6.07) is 5.56. The molecular weight excluding hydrogens is 176 g/mol. The molecule has 0 saturated heterocycles. The normalized spacial score (nSPS) is 10.7. The van der Waals surface area contributed by atoms with E-state index in [2.05, 4.69) is 6.58 Å². The lowest BCUT2D eigenvalue weighted by molar-refractivity contribution is 0.260. The highest BCUT2D eigenvalue weighted by atomic mass is 16.3. The molecule has 0 aliphatic rings. The van der Waals surface area contributed by atoms with Gasteiger partial charge in [-0.15, -0.1) is 0 Å².